The van der Waals surface area contributed by atoms with Crippen molar-refractivity contribution in [2.45, 2.75) is 13.0 Å². The molecule has 1 aliphatic heterocycles. The maximum atomic E-state index is 11.7. The van der Waals surface area contributed by atoms with Crippen molar-refractivity contribution in [3.05, 3.63) is 0 Å². The summed E-state index contributed by atoms with van der Waals surface area (Å²) in [5, 5.41) is 13.7. The van der Waals surface area contributed by atoms with Crippen LogP contribution in [0, 0.1) is 0 Å². The number of hydrogen-bond acceptors (Lipinski definition) is 4. The molecule has 1 aliphatic rings. The van der Waals surface area contributed by atoms with Crippen LogP contribution in [0.5, 0.6) is 0 Å². The summed E-state index contributed by atoms with van der Waals surface area (Å²) < 4.78 is 4.98. The molecule has 1 atom stereocenters. The highest BCUT2D eigenvalue weighted by Gasteiger charge is 2.28. The molecule has 3 N–H and O–H groups in total. The first-order valence-electron chi connectivity index (χ1n) is 5.68. The fraction of sp³-hybridized carbons (Fsp3) is 0.700. The molecule has 0 aliphatic carbocycles. The summed E-state index contributed by atoms with van der Waals surface area (Å²) in [5.41, 5.74) is 0. The van der Waals surface area contributed by atoms with E-state index in [0.717, 1.165) is 0 Å². The molecule has 18 heavy (non-hydrogen) atoms. The van der Waals surface area contributed by atoms with Crippen LogP contribution in [-0.4, -0.2) is 66.8 Å². The Balaban J connectivity index is 2.37. The minimum atomic E-state index is -1.10. The topological polar surface area (TPSA) is 108 Å². The van der Waals surface area contributed by atoms with Gasteiger partial charge in [-0.15, -0.1) is 0 Å². The van der Waals surface area contributed by atoms with Gasteiger partial charge in [0, 0.05) is 13.1 Å². The van der Waals surface area contributed by atoms with Crippen LogP contribution >= 0.6 is 0 Å². The molecular weight excluding hydrogens is 242 g/mol. The van der Waals surface area contributed by atoms with Crippen molar-refractivity contribution in [2.75, 3.05) is 32.8 Å². The zero-order chi connectivity index (χ0) is 13.5. The summed E-state index contributed by atoms with van der Waals surface area (Å²) in [5.74, 6) is -1.38. The standard InChI is InChI=1S/C10H17N3O5/c1-2-11-8(14)5-12-10(17)13-3-4-18-7(6-13)9(15)16/h7H,2-6H2,1H3,(H,11,14)(H,12,17)(H,15,16). The average Bonchev–Trinajstić information content (AvgIpc) is 2.36. The molecule has 3 amide bonds. The lowest BCUT2D eigenvalue weighted by atomic mass is 10.3. The van der Waals surface area contributed by atoms with Gasteiger partial charge in [0.1, 0.15) is 0 Å². The van der Waals surface area contributed by atoms with Crippen molar-refractivity contribution in [3.63, 3.8) is 0 Å². The van der Waals surface area contributed by atoms with Crippen molar-refractivity contribution in [1.82, 2.24) is 15.5 Å². The summed E-state index contributed by atoms with van der Waals surface area (Å²) in [6.45, 7) is 2.61. The second-order valence-electron chi connectivity index (χ2n) is 3.76. The van der Waals surface area contributed by atoms with Gasteiger partial charge in [-0.25, -0.2) is 9.59 Å². The van der Waals surface area contributed by atoms with E-state index in [0.29, 0.717) is 13.1 Å². The number of rotatable bonds is 4. The number of urea groups is 1. The van der Waals surface area contributed by atoms with Crippen molar-refractivity contribution in [2.24, 2.45) is 0 Å². The highest BCUT2D eigenvalue weighted by Crippen LogP contribution is 2.05. The van der Waals surface area contributed by atoms with E-state index in [2.05, 4.69) is 10.6 Å². The predicted octanol–water partition coefficient (Wildman–Crippen LogP) is -1.38. The van der Waals surface area contributed by atoms with E-state index in [-0.39, 0.29) is 25.6 Å². The summed E-state index contributed by atoms with van der Waals surface area (Å²) in [6, 6.07) is -0.462. The largest absolute Gasteiger partial charge is 0.479 e. The van der Waals surface area contributed by atoms with E-state index in [1.807, 2.05) is 0 Å². The van der Waals surface area contributed by atoms with Crippen molar-refractivity contribution in [1.29, 1.82) is 0 Å². The smallest absolute Gasteiger partial charge is 0.334 e. The quantitative estimate of drug-likeness (QED) is 0.576. The molecule has 0 saturated carbocycles. The van der Waals surface area contributed by atoms with Gasteiger partial charge in [-0.2, -0.15) is 0 Å². The molecule has 1 heterocycles. The lowest BCUT2D eigenvalue weighted by molar-refractivity contribution is -0.154. The third-order valence-electron chi connectivity index (χ3n) is 2.40. The number of carbonyl (C=O) groups excluding carboxylic acids is 2. The number of amides is 3. The van der Waals surface area contributed by atoms with Gasteiger partial charge in [-0.3, -0.25) is 4.79 Å². The minimum absolute atomic E-state index is 0.0173. The minimum Gasteiger partial charge on any atom is -0.479 e. The second-order valence-corrected chi connectivity index (χ2v) is 3.76. The molecular formula is C10H17N3O5. The number of aliphatic carboxylic acids is 1. The number of carboxylic acid groups (broad SMARTS) is 1. The molecule has 0 aromatic carbocycles. The highest BCUT2D eigenvalue weighted by molar-refractivity contribution is 5.84. The maximum Gasteiger partial charge on any atom is 0.334 e. The number of morpholine rings is 1. The zero-order valence-electron chi connectivity index (χ0n) is 10.1. The predicted molar refractivity (Wildman–Crippen MR) is 61.0 cm³/mol. The van der Waals surface area contributed by atoms with Crippen LogP contribution in [0.1, 0.15) is 6.92 Å². The number of ether oxygens (including phenoxy) is 1. The first-order chi connectivity index (χ1) is 8.54. The number of hydrogen-bond donors (Lipinski definition) is 3. The molecule has 0 aromatic heterocycles. The first kappa shape index (κ1) is 14.2. The molecule has 1 rings (SSSR count). The number of carboxylic acids is 1. The zero-order valence-corrected chi connectivity index (χ0v) is 10.1. The van der Waals surface area contributed by atoms with Gasteiger partial charge < -0.3 is 25.4 Å². The van der Waals surface area contributed by atoms with Crippen molar-refractivity contribution in [3.8, 4) is 0 Å². The number of nitrogens with one attached hydrogen (secondary N) is 2. The van der Waals surface area contributed by atoms with Crippen LogP contribution in [0.25, 0.3) is 0 Å². The van der Waals surface area contributed by atoms with Gasteiger partial charge in [0.05, 0.1) is 19.7 Å². The number of likely N-dealkylation sites (N-methyl/N-ethyl adjacent to an activating group) is 1. The number of nitrogens with zero attached hydrogens (tertiary/aromatic N) is 1. The fourth-order valence-corrected chi connectivity index (χ4v) is 1.51. The molecule has 0 radical (unpaired) electrons. The van der Waals surface area contributed by atoms with E-state index in [1.54, 1.807) is 6.92 Å². The molecule has 1 saturated heterocycles. The third kappa shape index (κ3) is 4.21. The number of carbonyl (C=O) groups is 3. The lowest BCUT2D eigenvalue weighted by Crippen LogP contribution is -2.52. The summed E-state index contributed by atoms with van der Waals surface area (Å²) in [6.07, 6.45) is -1.01. The van der Waals surface area contributed by atoms with Crippen molar-refractivity contribution < 1.29 is 24.2 Å². The second kappa shape index (κ2) is 6.80. The Morgan fingerprint density at radius 1 is 1.39 bits per heavy atom. The molecule has 0 bridgehead atoms. The fourth-order valence-electron chi connectivity index (χ4n) is 1.51. The molecule has 8 nitrogen and oxygen atoms in total. The summed E-state index contributed by atoms with van der Waals surface area (Å²) in [4.78, 5) is 34.8. The molecule has 1 fully saturated rings. The van der Waals surface area contributed by atoms with E-state index < -0.39 is 18.1 Å². The van der Waals surface area contributed by atoms with E-state index >= 15 is 0 Å². The van der Waals surface area contributed by atoms with Crippen LogP contribution in [0.3, 0.4) is 0 Å². The van der Waals surface area contributed by atoms with Gasteiger partial charge in [-0.1, -0.05) is 0 Å². The highest BCUT2D eigenvalue weighted by atomic mass is 16.5. The van der Waals surface area contributed by atoms with Gasteiger partial charge in [0.2, 0.25) is 5.91 Å². The first-order valence-corrected chi connectivity index (χ1v) is 5.68. The Hall–Kier alpha value is -1.83. The van der Waals surface area contributed by atoms with Gasteiger partial charge in [0.25, 0.3) is 0 Å². The van der Waals surface area contributed by atoms with Gasteiger partial charge in [0.15, 0.2) is 6.10 Å². The molecule has 8 heteroatoms. The van der Waals surface area contributed by atoms with E-state index in [1.165, 1.54) is 4.90 Å². The lowest BCUT2D eigenvalue weighted by Gasteiger charge is -2.30. The molecule has 0 spiro atoms. The molecule has 102 valence electrons. The van der Waals surface area contributed by atoms with E-state index in [9.17, 15) is 14.4 Å². The molecule has 0 aromatic rings. The maximum absolute atomic E-state index is 11.7. The summed E-state index contributed by atoms with van der Waals surface area (Å²) in [7, 11) is 0. The van der Waals surface area contributed by atoms with Gasteiger partial charge in [-0.05, 0) is 6.92 Å². The SMILES string of the molecule is CCNC(=O)CNC(=O)N1CCOC(C(=O)O)C1. The average molecular weight is 259 g/mol. The Bertz CT molecular complexity index is 333. The van der Waals surface area contributed by atoms with E-state index in [4.69, 9.17) is 9.84 Å². The monoisotopic (exact) mass is 259 g/mol. The Labute approximate surface area is 104 Å². The Kier molecular flexibility index (Phi) is 5.37. The van der Waals surface area contributed by atoms with Crippen LogP contribution in [-0.2, 0) is 14.3 Å². The van der Waals surface area contributed by atoms with Crippen LogP contribution in [0.2, 0.25) is 0 Å². The van der Waals surface area contributed by atoms with Crippen molar-refractivity contribution >= 4 is 17.9 Å². The van der Waals surface area contributed by atoms with Crippen LogP contribution < -0.4 is 10.6 Å². The third-order valence-corrected chi connectivity index (χ3v) is 2.40. The Morgan fingerprint density at radius 3 is 2.72 bits per heavy atom. The van der Waals surface area contributed by atoms with Crippen LogP contribution in [0.4, 0.5) is 4.79 Å². The van der Waals surface area contributed by atoms with Gasteiger partial charge >= 0.3 is 12.0 Å². The van der Waals surface area contributed by atoms with Crippen LogP contribution in [0.15, 0.2) is 0 Å². The Morgan fingerprint density at radius 2 is 2.11 bits per heavy atom. The molecule has 1 unspecified atom stereocenters. The normalized spacial score (nSPS) is 19.2. The summed E-state index contributed by atoms with van der Waals surface area (Å²) >= 11 is 0.